The van der Waals surface area contributed by atoms with Gasteiger partial charge < -0.3 is 18.6 Å². The van der Waals surface area contributed by atoms with Crippen molar-refractivity contribution in [3.63, 3.8) is 0 Å². The second kappa shape index (κ2) is 10.5. The maximum Gasteiger partial charge on any atom is 0.349 e. The highest BCUT2D eigenvalue weighted by Crippen LogP contribution is 2.28. The Labute approximate surface area is 199 Å². The van der Waals surface area contributed by atoms with E-state index in [0.717, 1.165) is 5.56 Å². The predicted molar refractivity (Wildman–Crippen MR) is 128 cm³/mol. The minimum atomic E-state index is -0.806. The van der Waals surface area contributed by atoms with Crippen molar-refractivity contribution < 1.29 is 27.8 Å². The molecule has 0 aliphatic heterocycles. The van der Waals surface area contributed by atoms with E-state index in [1.54, 1.807) is 48.5 Å². The maximum atomic E-state index is 13.0. The van der Waals surface area contributed by atoms with Gasteiger partial charge in [-0.1, -0.05) is 24.3 Å². The summed E-state index contributed by atoms with van der Waals surface area (Å²) in [5.74, 6) is 0.298. The molecule has 0 aliphatic carbocycles. The van der Waals surface area contributed by atoms with Crippen molar-refractivity contribution in [3.05, 3.63) is 99.7 Å². The topological polar surface area (TPSA) is 99.4 Å². The Kier molecular flexibility index (Phi) is 7.06. The molecule has 0 saturated heterocycles. The number of methoxy groups -OCH3 is 2. The summed E-state index contributed by atoms with van der Waals surface area (Å²) in [5, 5.41) is 4.46. The van der Waals surface area contributed by atoms with Crippen LogP contribution in [0.15, 0.2) is 81.0 Å². The molecule has 4 aromatic rings. The monoisotopic (exact) mass is 476 g/mol. The highest BCUT2D eigenvalue weighted by molar-refractivity contribution is 5.97. The lowest BCUT2D eigenvalue weighted by Crippen LogP contribution is -2.24. The summed E-state index contributed by atoms with van der Waals surface area (Å²) in [7, 11) is 2.96. The van der Waals surface area contributed by atoms with Crippen molar-refractivity contribution >= 4 is 23.1 Å². The molecule has 4 rings (SSSR count). The van der Waals surface area contributed by atoms with Crippen molar-refractivity contribution in [2.75, 3.05) is 14.2 Å². The van der Waals surface area contributed by atoms with Gasteiger partial charge in [0.1, 0.15) is 18.0 Å². The molecule has 0 fully saturated rings. The molecule has 0 bridgehead atoms. The van der Waals surface area contributed by atoms with E-state index < -0.39 is 11.5 Å². The number of carbonyl (C=O) groups excluding carboxylic acids is 1. The van der Waals surface area contributed by atoms with Crippen LogP contribution in [0.3, 0.4) is 0 Å². The van der Waals surface area contributed by atoms with E-state index in [1.807, 2.05) is 0 Å². The van der Waals surface area contributed by atoms with Gasteiger partial charge in [0.25, 0.3) is 5.91 Å². The van der Waals surface area contributed by atoms with Crippen LogP contribution in [-0.4, -0.2) is 26.3 Å². The van der Waals surface area contributed by atoms with Crippen molar-refractivity contribution in [2.24, 2.45) is 5.10 Å². The van der Waals surface area contributed by atoms with Gasteiger partial charge in [0.15, 0.2) is 22.8 Å². The third-order valence-corrected chi connectivity index (χ3v) is 5.06. The molecule has 1 N–H and O–H groups in total. The molecule has 3 aromatic carbocycles. The first-order valence-electron chi connectivity index (χ1n) is 10.5. The number of hydrogen-bond acceptors (Lipinski definition) is 7. The summed E-state index contributed by atoms with van der Waals surface area (Å²) in [6, 6.07) is 17.6. The van der Waals surface area contributed by atoms with Gasteiger partial charge in [-0.3, -0.25) is 4.79 Å². The number of rotatable bonds is 8. The number of amides is 1. The van der Waals surface area contributed by atoms with E-state index in [2.05, 4.69) is 10.5 Å². The van der Waals surface area contributed by atoms with Gasteiger partial charge in [0.05, 0.1) is 20.4 Å². The Bertz CT molecular complexity index is 1450. The Morgan fingerprint density at radius 1 is 1.00 bits per heavy atom. The number of fused-ring (bicyclic) bond motifs is 1. The van der Waals surface area contributed by atoms with E-state index in [1.165, 1.54) is 38.6 Å². The first-order valence-corrected chi connectivity index (χ1v) is 10.5. The van der Waals surface area contributed by atoms with Crippen LogP contribution in [0.1, 0.15) is 21.5 Å². The average molecular weight is 476 g/mol. The first kappa shape index (κ1) is 23.5. The lowest BCUT2D eigenvalue weighted by Gasteiger charge is -2.11. The lowest BCUT2D eigenvalue weighted by molar-refractivity contribution is 0.0951. The third-order valence-electron chi connectivity index (χ3n) is 5.06. The molecule has 0 unspecified atom stereocenters. The van der Waals surface area contributed by atoms with Crippen LogP contribution in [0.4, 0.5) is 4.39 Å². The second-order valence-corrected chi connectivity index (χ2v) is 7.35. The van der Waals surface area contributed by atoms with Crippen LogP contribution >= 0.6 is 0 Å². The summed E-state index contributed by atoms with van der Waals surface area (Å²) in [5.41, 5.74) is 3.00. The molecule has 1 amide bonds. The van der Waals surface area contributed by atoms with E-state index in [0.29, 0.717) is 28.2 Å². The number of halogens is 1. The number of para-hydroxylation sites is 1. The van der Waals surface area contributed by atoms with Gasteiger partial charge in [-0.2, -0.15) is 5.10 Å². The van der Waals surface area contributed by atoms with Gasteiger partial charge in [0, 0.05) is 5.39 Å². The SMILES string of the molecule is COc1cc(C=NNC(=O)c2cc3cccc(OC)c3oc2=O)ccc1OCc1ccc(F)cc1. The first-order chi connectivity index (χ1) is 17.0. The fourth-order valence-corrected chi connectivity index (χ4v) is 3.29. The molecule has 9 heteroatoms. The molecule has 0 aliphatic rings. The molecule has 35 heavy (non-hydrogen) atoms. The fraction of sp³-hybridized carbons (Fsp3) is 0.115. The third kappa shape index (κ3) is 5.47. The maximum absolute atomic E-state index is 13.0. The van der Waals surface area contributed by atoms with Gasteiger partial charge in [-0.25, -0.2) is 14.6 Å². The van der Waals surface area contributed by atoms with Gasteiger partial charge in [-0.05, 0) is 53.6 Å². The average Bonchev–Trinajstić information content (AvgIpc) is 2.87. The Morgan fingerprint density at radius 2 is 1.77 bits per heavy atom. The minimum absolute atomic E-state index is 0.190. The summed E-state index contributed by atoms with van der Waals surface area (Å²) in [6.45, 7) is 0.236. The standard InChI is InChI=1S/C26H21FN2O6/c1-32-22-5-3-4-18-13-20(26(31)35-24(18)22)25(30)29-28-14-17-8-11-21(23(12-17)33-2)34-15-16-6-9-19(27)10-7-16/h3-14H,15H2,1-2H3,(H,29,30). The molecule has 0 spiro atoms. The van der Waals surface area contributed by atoms with E-state index in [-0.39, 0.29) is 23.6 Å². The normalized spacial score (nSPS) is 10.9. The van der Waals surface area contributed by atoms with Gasteiger partial charge in [-0.15, -0.1) is 0 Å². The van der Waals surface area contributed by atoms with Gasteiger partial charge in [0.2, 0.25) is 0 Å². The zero-order chi connectivity index (χ0) is 24.8. The Balaban J connectivity index is 1.44. The molecular formula is C26H21FN2O6. The molecule has 1 aromatic heterocycles. The quantitative estimate of drug-likeness (QED) is 0.231. The molecule has 1 heterocycles. The zero-order valence-corrected chi connectivity index (χ0v) is 18.9. The molecule has 0 atom stereocenters. The van der Waals surface area contributed by atoms with Crippen molar-refractivity contribution in [1.82, 2.24) is 5.43 Å². The van der Waals surface area contributed by atoms with Crippen molar-refractivity contribution in [3.8, 4) is 17.2 Å². The highest BCUT2D eigenvalue weighted by Gasteiger charge is 2.15. The Morgan fingerprint density at radius 3 is 2.51 bits per heavy atom. The van der Waals surface area contributed by atoms with E-state index in [4.69, 9.17) is 18.6 Å². The fourth-order valence-electron chi connectivity index (χ4n) is 3.29. The van der Waals surface area contributed by atoms with E-state index >= 15 is 0 Å². The number of nitrogens with one attached hydrogen (secondary N) is 1. The van der Waals surface area contributed by atoms with Crippen LogP contribution in [0.2, 0.25) is 0 Å². The van der Waals surface area contributed by atoms with E-state index in [9.17, 15) is 14.0 Å². The van der Waals surface area contributed by atoms with Crippen LogP contribution in [0.5, 0.6) is 17.2 Å². The number of hydrazone groups is 1. The number of hydrogen-bond donors (Lipinski definition) is 1. The van der Waals surface area contributed by atoms with Crippen LogP contribution < -0.4 is 25.3 Å². The summed E-state index contributed by atoms with van der Waals surface area (Å²) < 4.78 is 34.6. The summed E-state index contributed by atoms with van der Waals surface area (Å²) in [4.78, 5) is 24.8. The minimum Gasteiger partial charge on any atom is -0.493 e. The molecule has 0 saturated carbocycles. The lowest BCUT2D eigenvalue weighted by atomic mass is 10.1. The summed E-state index contributed by atoms with van der Waals surface area (Å²) >= 11 is 0. The van der Waals surface area contributed by atoms with Crippen LogP contribution in [0, 0.1) is 5.82 Å². The van der Waals surface area contributed by atoms with Crippen molar-refractivity contribution in [2.45, 2.75) is 6.61 Å². The van der Waals surface area contributed by atoms with Crippen LogP contribution in [-0.2, 0) is 6.61 Å². The molecule has 0 radical (unpaired) electrons. The molecule has 178 valence electrons. The zero-order valence-electron chi connectivity index (χ0n) is 18.9. The highest BCUT2D eigenvalue weighted by atomic mass is 19.1. The smallest absolute Gasteiger partial charge is 0.349 e. The number of benzene rings is 3. The largest absolute Gasteiger partial charge is 0.493 e. The molecular weight excluding hydrogens is 455 g/mol. The molecule has 8 nitrogen and oxygen atoms in total. The van der Waals surface area contributed by atoms with Gasteiger partial charge >= 0.3 is 5.63 Å². The number of carbonyl (C=O) groups is 1. The number of nitrogens with zero attached hydrogens (tertiary/aromatic N) is 1. The number of ether oxygens (including phenoxy) is 3. The Hall–Kier alpha value is -4.66. The summed E-state index contributed by atoms with van der Waals surface area (Å²) in [6.07, 6.45) is 1.40. The second-order valence-electron chi connectivity index (χ2n) is 7.35. The van der Waals surface area contributed by atoms with Crippen LogP contribution in [0.25, 0.3) is 11.0 Å². The predicted octanol–water partition coefficient (Wildman–Crippen LogP) is 4.29. The van der Waals surface area contributed by atoms with Crippen molar-refractivity contribution in [1.29, 1.82) is 0 Å².